The molecule has 1 aliphatic rings. The maximum atomic E-state index is 10.4. The van der Waals surface area contributed by atoms with E-state index >= 15 is 0 Å². The van der Waals surface area contributed by atoms with E-state index in [9.17, 15) is 5.11 Å². The van der Waals surface area contributed by atoms with Crippen LogP contribution in [0.25, 0.3) is 5.65 Å². The number of aromatic nitrogens is 6. The van der Waals surface area contributed by atoms with E-state index in [0.29, 0.717) is 5.82 Å². The van der Waals surface area contributed by atoms with Crippen LogP contribution in [0.4, 0.5) is 5.82 Å². The monoisotopic (exact) mass is 313 g/mol. The van der Waals surface area contributed by atoms with Gasteiger partial charge in [-0.05, 0) is 37.8 Å². The molecular weight excluding hydrogens is 294 g/mol. The number of piperidine rings is 1. The van der Waals surface area contributed by atoms with E-state index in [2.05, 4.69) is 30.0 Å². The SMILES string of the molecule is Cc1nc2ccc(N3CCC(C(O)c4ncc[nH]4)CC3)nn2n1. The molecule has 1 saturated heterocycles. The first-order valence-electron chi connectivity index (χ1n) is 7.84. The van der Waals surface area contributed by atoms with Gasteiger partial charge in [0.1, 0.15) is 17.8 Å². The number of nitrogens with zero attached hydrogens (tertiary/aromatic N) is 6. The van der Waals surface area contributed by atoms with Crippen molar-refractivity contribution < 1.29 is 5.11 Å². The molecular formula is C15H19N7O. The summed E-state index contributed by atoms with van der Waals surface area (Å²) in [5, 5.41) is 19.2. The number of aromatic amines is 1. The molecule has 4 heterocycles. The molecule has 0 amide bonds. The van der Waals surface area contributed by atoms with Crippen molar-refractivity contribution in [3.63, 3.8) is 0 Å². The number of imidazole rings is 1. The highest BCUT2D eigenvalue weighted by Gasteiger charge is 2.28. The van der Waals surface area contributed by atoms with Gasteiger partial charge in [-0.3, -0.25) is 0 Å². The summed E-state index contributed by atoms with van der Waals surface area (Å²) in [6.45, 7) is 3.57. The second kappa shape index (κ2) is 5.62. The van der Waals surface area contributed by atoms with Crippen LogP contribution >= 0.6 is 0 Å². The largest absolute Gasteiger partial charge is 0.385 e. The molecule has 3 aromatic heterocycles. The van der Waals surface area contributed by atoms with E-state index in [1.165, 1.54) is 0 Å². The number of anilines is 1. The molecule has 0 aromatic carbocycles. The van der Waals surface area contributed by atoms with Crippen LogP contribution in [0.1, 0.15) is 30.6 Å². The summed E-state index contributed by atoms with van der Waals surface area (Å²) in [5.41, 5.74) is 0.759. The van der Waals surface area contributed by atoms with E-state index in [4.69, 9.17) is 0 Å². The van der Waals surface area contributed by atoms with Crippen LogP contribution in [0.2, 0.25) is 0 Å². The van der Waals surface area contributed by atoms with Crippen molar-refractivity contribution in [2.75, 3.05) is 18.0 Å². The molecule has 8 nitrogen and oxygen atoms in total. The minimum absolute atomic E-state index is 0.217. The Hall–Kier alpha value is -2.48. The van der Waals surface area contributed by atoms with Crippen LogP contribution in [0, 0.1) is 12.8 Å². The van der Waals surface area contributed by atoms with E-state index in [1.54, 1.807) is 17.0 Å². The maximum Gasteiger partial charge on any atom is 0.176 e. The molecule has 3 aromatic rings. The minimum Gasteiger partial charge on any atom is -0.385 e. The molecule has 1 fully saturated rings. The highest BCUT2D eigenvalue weighted by molar-refractivity contribution is 5.45. The number of aryl methyl sites for hydroxylation is 1. The Bertz CT molecular complexity index is 789. The van der Waals surface area contributed by atoms with Crippen LogP contribution in [0.15, 0.2) is 24.5 Å². The molecule has 0 bridgehead atoms. The fraction of sp³-hybridized carbons (Fsp3) is 0.467. The predicted molar refractivity (Wildman–Crippen MR) is 84.0 cm³/mol. The first-order valence-corrected chi connectivity index (χ1v) is 7.84. The molecule has 0 radical (unpaired) electrons. The van der Waals surface area contributed by atoms with Gasteiger partial charge in [0, 0.05) is 25.5 Å². The second-order valence-corrected chi connectivity index (χ2v) is 5.94. The molecule has 0 saturated carbocycles. The lowest BCUT2D eigenvalue weighted by atomic mass is 9.91. The van der Waals surface area contributed by atoms with Gasteiger partial charge in [0.15, 0.2) is 11.5 Å². The van der Waals surface area contributed by atoms with E-state index in [-0.39, 0.29) is 5.92 Å². The number of H-pyrrole nitrogens is 1. The molecule has 120 valence electrons. The molecule has 1 aliphatic heterocycles. The van der Waals surface area contributed by atoms with Gasteiger partial charge in [-0.1, -0.05) is 0 Å². The summed E-state index contributed by atoms with van der Waals surface area (Å²) >= 11 is 0. The first kappa shape index (κ1) is 14.1. The Morgan fingerprint density at radius 2 is 2.09 bits per heavy atom. The predicted octanol–water partition coefficient (Wildman–Crippen LogP) is 1.11. The summed E-state index contributed by atoms with van der Waals surface area (Å²) in [5.74, 6) is 2.49. The van der Waals surface area contributed by atoms with Gasteiger partial charge in [0.2, 0.25) is 0 Å². The lowest BCUT2D eigenvalue weighted by Gasteiger charge is -2.34. The van der Waals surface area contributed by atoms with Crippen LogP contribution in [0.3, 0.4) is 0 Å². The van der Waals surface area contributed by atoms with Gasteiger partial charge in [-0.2, -0.15) is 0 Å². The lowest BCUT2D eigenvalue weighted by molar-refractivity contribution is 0.0856. The van der Waals surface area contributed by atoms with Crippen LogP contribution < -0.4 is 4.90 Å². The Morgan fingerprint density at radius 1 is 1.26 bits per heavy atom. The number of hydrogen-bond donors (Lipinski definition) is 2. The maximum absolute atomic E-state index is 10.4. The molecule has 23 heavy (non-hydrogen) atoms. The van der Waals surface area contributed by atoms with Gasteiger partial charge < -0.3 is 15.0 Å². The third-order valence-electron chi connectivity index (χ3n) is 4.41. The Kier molecular flexibility index (Phi) is 3.45. The second-order valence-electron chi connectivity index (χ2n) is 5.94. The summed E-state index contributed by atoms with van der Waals surface area (Å²) in [6.07, 6.45) is 4.69. The summed E-state index contributed by atoms with van der Waals surface area (Å²) in [6, 6.07) is 3.92. The van der Waals surface area contributed by atoms with Gasteiger partial charge in [0.25, 0.3) is 0 Å². The summed E-state index contributed by atoms with van der Waals surface area (Å²) in [7, 11) is 0. The van der Waals surface area contributed by atoms with Crippen molar-refractivity contribution in [2.45, 2.75) is 25.9 Å². The number of nitrogens with one attached hydrogen (secondary N) is 1. The number of rotatable bonds is 3. The molecule has 0 aliphatic carbocycles. The molecule has 2 N–H and O–H groups in total. The Labute approximate surface area is 133 Å². The van der Waals surface area contributed by atoms with Gasteiger partial charge in [-0.25, -0.2) is 9.97 Å². The van der Waals surface area contributed by atoms with E-state index in [0.717, 1.165) is 43.2 Å². The third-order valence-corrected chi connectivity index (χ3v) is 4.41. The van der Waals surface area contributed by atoms with E-state index < -0.39 is 6.10 Å². The van der Waals surface area contributed by atoms with Crippen molar-refractivity contribution in [3.05, 3.63) is 36.2 Å². The molecule has 4 rings (SSSR count). The Morgan fingerprint density at radius 3 is 2.83 bits per heavy atom. The van der Waals surface area contributed by atoms with Gasteiger partial charge >= 0.3 is 0 Å². The van der Waals surface area contributed by atoms with Crippen molar-refractivity contribution in [1.29, 1.82) is 0 Å². The van der Waals surface area contributed by atoms with Crippen LogP contribution in [-0.2, 0) is 0 Å². The van der Waals surface area contributed by atoms with Crippen molar-refractivity contribution in [2.24, 2.45) is 5.92 Å². The minimum atomic E-state index is -0.527. The lowest BCUT2D eigenvalue weighted by Crippen LogP contribution is -2.36. The fourth-order valence-corrected chi connectivity index (χ4v) is 3.15. The normalized spacial score (nSPS) is 17.7. The fourth-order valence-electron chi connectivity index (χ4n) is 3.15. The third kappa shape index (κ3) is 2.65. The number of fused-ring (bicyclic) bond motifs is 1. The van der Waals surface area contributed by atoms with Gasteiger partial charge in [0.05, 0.1) is 0 Å². The molecule has 1 unspecified atom stereocenters. The highest BCUT2D eigenvalue weighted by Crippen LogP contribution is 2.30. The first-order chi connectivity index (χ1) is 11.2. The zero-order chi connectivity index (χ0) is 15.8. The summed E-state index contributed by atoms with van der Waals surface area (Å²) < 4.78 is 1.58. The quantitative estimate of drug-likeness (QED) is 0.752. The smallest absolute Gasteiger partial charge is 0.176 e. The van der Waals surface area contributed by atoms with E-state index in [1.807, 2.05) is 19.1 Å². The average Bonchev–Trinajstić information content (AvgIpc) is 3.22. The van der Waals surface area contributed by atoms with Crippen LogP contribution in [-0.4, -0.2) is 48.0 Å². The number of aliphatic hydroxyl groups excluding tert-OH is 1. The zero-order valence-corrected chi connectivity index (χ0v) is 12.9. The standard InChI is InChI=1S/C15H19N7O/c1-10-18-12-2-3-13(20-22(12)19-10)21-8-4-11(5-9-21)14(23)15-16-6-7-17-15/h2-3,6-7,11,14,23H,4-5,8-9H2,1H3,(H,16,17). The Balaban J connectivity index is 1.46. The zero-order valence-electron chi connectivity index (χ0n) is 12.9. The molecule has 8 heteroatoms. The van der Waals surface area contributed by atoms with Crippen molar-refractivity contribution >= 4 is 11.5 Å². The highest BCUT2D eigenvalue weighted by atomic mass is 16.3. The molecule has 0 spiro atoms. The number of hydrogen-bond acceptors (Lipinski definition) is 6. The topological polar surface area (TPSA) is 95.2 Å². The van der Waals surface area contributed by atoms with Gasteiger partial charge in [-0.15, -0.1) is 14.8 Å². The van der Waals surface area contributed by atoms with Crippen molar-refractivity contribution in [1.82, 2.24) is 29.8 Å². The van der Waals surface area contributed by atoms with Crippen molar-refractivity contribution in [3.8, 4) is 0 Å². The van der Waals surface area contributed by atoms with Crippen LogP contribution in [0.5, 0.6) is 0 Å². The summed E-state index contributed by atoms with van der Waals surface area (Å²) in [4.78, 5) is 13.7. The molecule has 1 atom stereocenters. The number of aliphatic hydroxyl groups is 1. The average molecular weight is 313 g/mol.